The molecule has 0 saturated carbocycles. The molecule has 2 N–H and O–H groups in total. The van der Waals surface area contributed by atoms with Crippen molar-refractivity contribution in [3.63, 3.8) is 0 Å². The van der Waals surface area contributed by atoms with Gasteiger partial charge in [-0.2, -0.15) is 0 Å². The van der Waals surface area contributed by atoms with Gasteiger partial charge in [0.25, 0.3) is 5.91 Å². The van der Waals surface area contributed by atoms with Crippen LogP contribution in [0.2, 0.25) is 0 Å². The van der Waals surface area contributed by atoms with Crippen LogP contribution in [0.3, 0.4) is 0 Å². The van der Waals surface area contributed by atoms with Gasteiger partial charge >= 0.3 is 6.03 Å². The van der Waals surface area contributed by atoms with Crippen molar-refractivity contribution in [2.75, 3.05) is 19.6 Å². The number of rotatable bonds is 4. The number of pyridine rings is 1. The number of piperidine rings is 1. The molecular weight excluding hydrogens is 304 g/mol. The Labute approximate surface area is 142 Å². The largest absolute Gasteiger partial charge is 0.325 e. The quantitative estimate of drug-likeness (QED) is 0.653. The van der Waals surface area contributed by atoms with E-state index in [0.717, 1.165) is 31.5 Å². The third kappa shape index (κ3) is 2.82. The highest BCUT2D eigenvalue weighted by molar-refractivity contribution is 6.07. The van der Waals surface area contributed by atoms with Crippen molar-refractivity contribution in [1.82, 2.24) is 20.5 Å². The number of carbonyl (C=O) groups is 2. The van der Waals surface area contributed by atoms with E-state index in [-0.39, 0.29) is 17.9 Å². The first kappa shape index (κ1) is 16.6. The summed E-state index contributed by atoms with van der Waals surface area (Å²) in [6.45, 7) is 5.90. The lowest BCUT2D eigenvalue weighted by Gasteiger charge is -2.37. The number of urea groups is 1. The highest BCUT2D eigenvalue weighted by atomic mass is 16.2. The Hall–Kier alpha value is -2.21. The highest BCUT2D eigenvalue weighted by Crippen LogP contribution is 2.39. The fourth-order valence-corrected chi connectivity index (χ4v) is 3.54. The van der Waals surface area contributed by atoms with Crippen LogP contribution in [0.4, 0.5) is 4.79 Å². The summed E-state index contributed by atoms with van der Waals surface area (Å²) in [6, 6.07) is 5.19. The molecule has 2 aliphatic heterocycles. The number of aromatic nitrogens is 1. The summed E-state index contributed by atoms with van der Waals surface area (Å²) in [6.07, 6.45) is 5.24. The number of nitrogens with zero attached hydrogens (tertiary/aromatic N) is 2. The second-order valence-electron chi connectivity index (χ2n) is 6.67. The summed E-state index contributed by atoms with van der Waals surface area (Å²) in [7, 11) is 0. The number of hydrogen-bond acceptors (Lipinski definition) is 4. The van der Waals surface area contributed by atoms with Crippen LogP contribution in [0.1, 0.15) is 32.4 Å². The van der Waals surface area contributed by atoms with Crippen LogP contribution >= 0.6 is 0 Å². The lowest BCUT2D eigenvalue weighted by atomic mass is 9.75. The normalized spacial score (nSPS) is 24.8. The Morgan fingerprint density at radius 2 is 2.08 bits per heavy atom. The molecule has 1 aromatic rings. The molecule has 1 aromatic heterocycles. The fourth-order valence-electron chi connectivity index (χ4n) is 3.54. The molecule has 0 radical (unpaired) electrons. The monoisotopic (exact) mass is 328 g/mol. The third-order valence-electron chi connectivity index (χ3n) is 4.83. The zero-order chi connectivity index (χ0) is 17.2. The molecule has 6 heteroatoms. The molecular formula is C18H24N4O2. The van der Waals surface area contributed by atoms with Crippen LogP contribution in [-0.4, -0.2) is 41.5 Å². The Balaban J connectivity index is 2.01. The van der Waals surface area contributed by atoms with Gasteiger partial charge in [-0.15, -0.1) is 0 Å². The molecule has 1 atom stereocenters. The van der Waals surface area contributed by atoms with Crippen molar-refractivity contribution in [3.05, 3.63) is 41.7 Å². The Morgan fingerprint density at radius 1 is 1.33 bits per heavy atom. The molecule has 2 fully saturated rings. The van der Waals surface area contributed by atoms with Gasteiger partial charge in [-0.05, 0) is 57.8 Å². The first-order valence-corrected chi connectivity index (χ1v) is 8.45. The smallest absolute Gasteiger partial charge is 0.318 e. The minimum Gasteiger partial charge on any atom is -0.318 e. The van der Waals surface area contributed by atoms with Gasteiger partial charge in [-0.25, -0.2) is 4.79 Å². The summed E-state index contributed by atoms with van der Waals surface area (Å²) in [5.41, 5.74) is 0.665. The molecule has 3 rings (SSSR count). The molecule has 0 spiro atoms. The zero-order valence-corrected chi connectivity index (χ0v) is 14.2. The maximum Gasteiger partial charge on any atom is 0.325 e. The first-order valence-electron chi connectivity index (χ1n) is 8.45. The molecule has 128 valence electrons. The van der Waals surface area contributed by atoms with Gasteiger partial charge in [0.2, 0.25) is 0 Å². The van der Waals surface area contributed by atoms with E-state index < -0.39 is 5.54 Å². The minimum atomic E-state index is -1.05. The maximum absolute atomic E-state index is 13.3. The summed E-state index contributed by atoms with van der Waals surface area (Å²) >= 11 is 0. The van der Waals surface area contributed by atoms with E-state index in [4.69, 9.17) is 0 Å². The molecule has 2 saturated heterocycles. The van der Waals surface area contributed by atoms with E-state index in [1.165, 1.54) is 4.90 Å². The number of amides is 3. The van der Waals surface area contributed by atoms with E-state index in [1.807, 2.05) is 38.1 Å². The van der Waals surface area contributed by atoms with Crippen molar-refractivity contribution in [1.29, 1.82) is 0 Å². The Morgan fingerprint density at radius 3 is 2.71 bits per heavy atom. The molecule has 0 aromatic carbocycles. The SMILES string of the molecule is CC(C)=CCN1C(=O)N[C@](c2ccccn2)(C2CCNCC2)C1=O. The Bertz CT molecular complexity index is 648. The van der Waals surface area contributed by atoms with Crippen molar-refractivity contribution in [2.45, 2.75) is 32.2 Å². The third-order valence-corrected chi connectivity index (χ3v) is 4.83. The summed E-state index contributed by atoms with van der Waals surface area (Å²) in [4.78, 5) is 31.6. The zero-order valence-electron chi connectivity index (χ0n) is 14.2. The molecule has 3 heterocycles. The average Bonchev–Trinajstić information content (AvgIpc) is 2.86. The van der Waals surface area contributed by atoms with Crippen LogP contribution < -0.4 is 10.6 Å². The van der Waals surface area contributed by atoms with Crippen LogP contribution in [0, 0.1) is 5.92 Å². The molecule has 6 nitrogen and oxygen atoms in total. The van der Waals surface area contributed by atoms with Crippen LogP contribution in [0.5, 0.6) is 0 Å². The van der Waals surface area contributed by atoms with Crippen LogP contribution in [0.25, 0.3) is 0 Å². The second-order valence-corrected chi connectivity index (χ2v) is 6.67. The highest BCUT2D eigenvalue weighted by Gasteiger charge is 2.57. The predicted octanol–water partition coefficient (Wildman–Crippen LogP) is 1.79. The van der Waals surface area contributed by atoms with E-state index >= 15 is 0 Å². The second kappa shape index (κ2) is 6.73. The summed E-state index contributed by atoms with van der Waals surface area (Å²) in [5, 5.41) is 6.31. The summed E-state index contributed by atoms with van der Waals surface area (Å²) in [5.74, 6) is -0.141. The lowest BCUT2D eigenvalue weighted by molar-refractivity contribution is -0.134. The predicted molar refractivity (Wildman–Crippen MR) is 91.2 cm³/mol. The van der Waals surface area contributed by atoms with E-state index in [2.05, 4.69) is 15.6 Å². The number of carbonyl (C=O) groups excluding carboxylic acids is 2. The van der Waals surface area contributed by atoms with E-state index in [9.17, 15) is 9.59 Å². The first-order chi connectivity index (χ1) is 11.6. The van der Waals surface area contributed by atoms with Crippen molar-refractivity contribution in [2.24, 2.45) is 5.92 Å². The topological polar surface area (TPSA) is 74.3 Å². The number of nitrogens with one attached hydrogen (secondary N) is 2. The van der Waals surface area contributed by atoms with Crippen molar-refractivity contribution >= 4 is 11.9 Å². The van der Waals surface area contributed by atoms with Crippen LogP contribution in [0.15, 0.2) is 36.0 Å². The number of imide groups is 1. The summed E-state index contributed by atoms with van der Waals surface area (Å²) < 4.78 is 0. The van der Waals surface area contributed by atoms with Gasteiger partial charge in [0.05, 0.1) is 5.69 Å². The van der Waals surface area contributed by atoms with Gasteiger partial charge < -0.3 is 10.6 Å². The molecule has 24 heavy (non-hydrogen) atoms. The van der Waals surface area contributed by atoms with Crippen LogP contribution in [-0.2, 0) is 10.3 Å². The molecule has 0 bridgehead atoms. The minimum absolute atomic E-state index is 0.0433. The van der Waals surface area contributed by atoms with Crippen molar-refractivity contribution < 1.29 is 9.59 Å². The fraction of sp³-hybridized carbons (Fsp3) is 0.500. The van der Waals surface area contributed by atoms with Crippen molar-refractivity contribution in [3.8, 4) is 0 Å². The van der Waals surface area contributed by atoms with Gasteiger partial charge in [-0.3, -0.25) is 14.7 Å². The Kier molecular flexibility index (Phi) is 4.66. The van der Waals surface area contributed by atoms with Gasteiger partial charge in [0, 0.05) is 12.7 Å². The van der Waals surface area contributed by atoms with Gasteiger partial charge in [-0.1, -0.05) is 17.7 Å². The number of hydrogen-bond donors (Lipinski definition) is 2. The molecule has 2 aliphatic rings. The van der Waals surface area contributed by atoms with Gasteiger partial charge in [0.15, 0.2) is 5.54 Å². The number of allylic oxidation sites excluding steroid dienone is 1. The molecule has 3 amide bonds. The maximum atomic E-state index is 13.3. The van der Waals surface area contributed by atoms with E-state index in [1.54, 1.807) is 6.20 Å². The molecule has 0 aliphatic carbocycles. The lowest BCUT2D eigenvalue weighted by Crippen LogP contribution is -2.53. The van der Waals surface area contributed by atoms with E-state index in [0.29, 0.717) is 12.2 Å². The standard InChI is InChI=1S/C18H24N4O2/c1-13(2)8-12-22-16(23)18(21-17(22)24,14-6-10-19-11-7-14)15-5-3-4-9-20-15/h3-5,8-9,14,19H,6-7,10-12H2,1-2H3,(H,21,24)/t18-/m0/s1. The van der Waals surface area contributed by atoms with Gasteiger partial charge in [0.1, 0.15) is 0 Å². The molecule has 0 unspecified atom stereocenters. The average molecular weight is 328 g/mol.